The largest absolute Gasteiger partial charge is 0.466 e. The molecule has 90 valence electrons. The van der Waals surface area contributed by atoms with Crippen molar-refractivity contribution in [2.45, 2.75) is 39.8 Å². The minimum Gasteiger partial charge on any atom is -0.466 e. The van der Waals surface area contributed by atoms with Crippen molar-refractivity contribution >= 4 is 0 Å². The summed E-state index contributed by atoms with van der Waals surface area (Å²) in [5, 5.41) is 9.55. The van der Waals surface area contributed by atoms with Crippen LogP contribution < -0.4 is 0 Å². The molecule has 0 aromatic carbocycles. The van der Waals surface area contributed by atoms with Crippen LogP contribution in [0.4, 0.5) is 0 Å². The Kier molecular flexibility index (Phi) is 3.36. The van der Waals surface area contributed by atoms with Gasteiger partial charge in [0.15, 0.2) is 0 Å². The molecule has 2 unspecified atom stereocenters. The van der Waals surface area contributed by atoms with Gasteiger partial charge in [0.2, 0.25) is 0 Å². The van der Waals surface area contributed by atoms with Gasteiger partial charge in [-0.25, -0.2) is 0 Å². The van der Waals surface area contributed by atoms with Gasteiger partial charge in [-0.05, 0) is 45.7 Å². The average Bonchev–Trinajstić information content (AvgIpc) is 2.75. The molecule has 1 aromatic heterocycles. The lowest BCUT2D eigenvalue weighted by Gasteiger charge is -2.16. The zero-order valence-electron chi connectivity index (χ0n) is 10.4. The number of rotatable bonds is 3. The second-order valence-electron chi connectivity index (χ2n) is 4.96. The molecule has 1 aliphatic rings. The predicted molar refractivity (Wildman–Crippen MR) is 63.2 cm³/mol. The standard InChI is InChI=1S/C13H21NO2/c1-9-6-13(11(3)16-9)8-14-5-4-12(7-14)10(2)15/h6,10,12,15H,4-5,7-8H2,1-3H3. The maximum absolute atomic E-state index is 9.55. The zero-order valence-corrected chi connectivity index (χ0v) is 10.4. The Balaban J connectivity index is 1.94. The lowest BCUT2D eigenvalue weighted by molar-refractivity contribution is 0.127. The number of hydrogen-bond donors (Lipinski definition) is 1. The third-order valence-electron chi connectivity index (χ3n) is 3.53. The first-order valence-electron chi connectivity index (χ1n) is 6.02. The Bertz CT molecular complexity index is 357. The van der Waals surface area contributed by atoms with Gasteiger partial charge in [-0.3, -0.25) is 4.90 Å². The van der Waals surface area contributed by atoms with Crippen LogP contribution in [-0.2, 0) is 6.54 Å². The summed E-state index contributed by atoms with van der Waals surface area (Å²) >= 11 is 0. The molecule has 2 rings (SSSR count). The van der Waals surface area contributed by atoms with Gasteiger partial charge in [0.25, 0.3) is 0 Å². The van der Waals surface area contributed by atoms with E-state index in [1.165, 1.54) is 5.56 Å². The minimum absolute atomic E-state index is 0.183. The molecule has 1 saturated heterocycles. The highest BCUT2D eigenvalue weighted by atomic mass is 16.3. The first kappa shape index (κ1) is 11.7. The lowest BCUT2D eigenvalue weighted by atomic mass is 10.0. The zero-order chi connectivity index (χ0) is 11.7. The molecule has 0 amide bonds. The van der Waals surface area contributed by atoms with E-state index in [9.17, 15) is 5.11 Å². The Labute approximate surface area is 97.1 Å². The van der Waals surface area contributed by atoms with E-state index in [0.29, 0.717) is 5.92 Å². The molecule has 0 saturated carbocycles. The Morgan fingerprint density at radius 1 is 1.56 bits per heavy atom. The fourth-order valence-electron chi connectivity index (χ4n) is 2.48. The second kappa shape index (κ2) is 4.60. The monoisotopic (exact) mass is 223 g/mol. The second-order valence-corrected chi connectivity index (χ2v) is 4.96. The van der Waals surface area contributed by atoms with Crippen molar-refractivity contribution in [3.05, 3.63) is 23.2 Å². The van der Waals surface area contributed by atoms with Crippen molar-refractivity contribution in [2.75, 3.05) is 13.1 Å². The third-order valence-corrected chi connectivity index (χ3v) is 3.53. The van der Waals surface area contributed by atoms with Crippen LogP contribution in [0.1, 0.15) is 30.4 Å². The number of aryl methyl sites for hydroxylation is 2. The highest BCUT2D eigenvalue weighted by Gasteiger charge is 2.26. The number of aliphatic hydroxyl groups excluding tert-OH is 1. The van der Waals surface area contributed by atoms with Crippen molar-refractivity contribution in [3.8, 4) is 0 Å². The molecule has 0 radical (unpaired) electrons. The highest BCUT2D eigenvalue weighted by Crippen LogP contribution is 2.23. The van der Waals surface area contributed by atoms with Crippen molar-refractivity contribution in [1.29, 1.82) is 0 Å². The molecule has 2 atom stereocenters. The minimum atomic E-state index is -0.183. The van der Waals surface area contributed by atoms with E-state index < -0.39 is 0 Å². The maximum Gasteiger partial charge on any atom is 0.105 e. The van der Waals surface area contributed by atoms with Crippen LogP contribution >= 0.6 is 0 Å². The average molecular weight is 223 g/mol. The van der Waals surface area contributed by atoms with Crippen molar-refractivity contribution in [2.24, 2.45) is 5.92 Å². The van der Waals surface area contributed by atoms with Crippen LogP contribution in [0.5, 0.6) is 0 Å². The number of hydrogen-bond acceptors (Lipinski definition) is 3. The van der Waals surface area contributed by atoms with Gasteiger partial charge in [-0.2, -0.15) is 0 Å². The van der Waals surface area contributed by atoms with Crippen LogP contribution in [-0.4, -0.2) is 29.2 Å². The molecule has 0 spiro atoms. The first-order valence-corrected chi connectivity index (χ1v) is 6.02. The van der Waals surface area contributed by atoms with Gasteiger partial charge in [-0.1, -0.05) is 0 Å². The Hall–Kier alpha value is -0.800. The summed E-state index contributed by atoms with van der Waals surface area (Å²) in [6.07, 6.45) is 0.922. The van der Waals surface area contributed by atoms with E-state index in [1.54, 1.807) is 0 Å². The Morgan fingerprint density at radius 3 is 2.81 bits per heavy atom. The maximum atomic E-state index is 9.55. The predicted octanol–water partition coefficient (Wildman–Crippen LogP) is 2.10. The van der Waals surface area contributed by atoms with Crippen LogP contribution in [0.15, 0.2) is 10.5 Å². The van der Waals surface area contributed by atoms with E-state index in [2.05, 4.69) is 11.0 Å². The number of aliphatic hydroxyl groups is 1. The van der Waals surface area contributed by atoms with Gasteiger partial charge >= 0.3 is 0 Å². The van der Waals surface area contributed by atoms with E-state index in [0.717, 1.165) is 37.6 Å². The molecule has 1 aliphatic heterocycles. The molecule has 1 aromatic rings. The summed E-state index contributed by atoms with van der Waals surface area (Å²) < 4.78 is 5.52. The van der Waals surface area contributed by atoms with Crippen LogP contribution in [0.3, 0.4) is 0 Å². The van der Waals surface area contributed by atoms with Crippen molar-refractivity contribution in [1.82, 2.24) is 4.90 Å². The SMILES string of the molecule is Cc1cc(CN2CCC(C(C)O)C2)c(C)o1. The van der Waals surface area contributed by atoms with Gasteiger partial charge < -0.3 is 9.52 Å². The topological polar surface area (TPSA) is 36.6 Å². The molecular weight excluding hydrogens is 202 g/mol. The Morgan fingerprint density at radius 2 is 2.31 bits per heavy atom. The summed E-state index contributed by atoms with van der Waals surface area (Å²) in [4.78, 5) is 2.40. The van der Waals surface area contributed by atoms with Gasteiger partial charge in [-0.15, -0.1) is 0 Å². The van der Waals surface area contributed by atoms with E-state index >= 15 is 0 Å². The molecular formula is C13H21NO2. The molecule has 3 heteroatoms. The smallest absolute Gasteiger partial charge is 0.105 e. The molecule has 0 aliphatic carbocycles. The number of furan rings is 1. The van der Waals surface area contributed by atoms with Gasteiger partial charge in [0.05, 0.1) is 6.10 Å². The summed E-state index contributed by atoms with van der Waals surface area (Å²) in [5.41, 5.74) is 1.28. The number of likely N-dealkylation sites (tertiary alicyclic amines) is 1. The van der Waals surface area contributed by atoms with Gasteiger partial charge in [0.1, 0.15) is 11.5 Å². The summed E-state index contributed by atoms with van der Waals surface area (Å²) in [6, 6.07) is 2.12. The number of nitrogens with zero attached hydrogens (tertiary/aromatic N) is 1. The molecule has 1 fully saturated rings. The summed E-state index contributed by atoms with van der Waals surface area (Å²) in [5.74, 6) is 2.45. The summed E-state index contributed by atoms with van der Waals surface area (Å²) in [7, 11) is 0. The van der Waals surface area contributed by atoms with E-state index in [-0.39, 0.29) is 6.10 Å². The van der Waals surface area contributed by atoms with E-state index in [4.69, 9.17) is 4.42 Å². The lowest BCUT2D eigenvalue weighted by Crippen LogP contribution is -2.24. The molecule has 1 N–H and O–H groups in total. The van der Waals surface area contributed by atoms with Crippen LogP contribution in [0, 0.1) is 19.8 Å². The van der Waals surface area contributed by atoms with E-state index in [1.807, 2.05) is 20.8 Å². The molecule has 0 bridgehead atoms. The first-order chi connectivity index (χ1) is 7.56. The highest BCUT2D eigenvalue weighted by molar-refractivity contribution is 5.20. The summed E-state index contributed by atoms with van der Waals surface area (Å²) in [6.45, 7) is 8.93. The fraction of sp³-hybridized carbons (Fsp3) is 0.692. The molecule has 2 heterocycles. The quantitative estimate of drug-likeness (QED) is 0.852. The van der Waals surface area contributed by atoms with Gasteiger partial charge in [0, 0.05) is 18.7 Å². The fourth-order valence-corrected chi connectivity index (χ4v) is 2.48. The van der Waals surface area contributed by atoms with Crippen molar-refractivity contribution < 1.29 is 9.52 Å². The van der Waals surface area contributed by atoms with Crippen LogP contribution in [0.25, 0.3) is 0 Å². The van der Waals surface area contributed by atoms with Crippen molar-refractivity contribution in [3.63, 3.8) is 0 Å². The third kappa shape index (κ3) is 2.47. The van der Waals surface area contributed by atoms with Crippen LogP contribution in [0.2, 0.25) is 0 Å². The normalized spacial score (nSPS) is 23.9. The molecule has 16 heavy (non-hydrogen) atoms. The molecule has 3 nitrogen and oxygen atoms in total.